The van der Waals surface area contributed by atoms with E-state index in [1.54, 1.807) is 42.5 Å². The van der Waals surface area contributed by atoms with Gasteiger partial charge in [-0.15, -0.1) is 0 Å². The molecule has 1 amide bonds. The Hall–Kier alpha value is -3.89. The molecule has 3 aromatic rings. The van der Waals surface area contributed by atoms with E-state index in [1.165, 1.54) is 13.2 Å². The Morgan fingerprint density at radius 2 is 1.91 bits per heavy atom. The second-order valence-electron chi connectivity index (χ2n) is 7.64. The first kappa shape index (κ1) is 21.0. The van der Waals surface area contributed by atoms with E-state index in [1.807, 2.05) is 0 Å². The highest BCUT2D eigenvalue weighted by atomic mass is 19.4. The number of hydrogen-bond donors (Lipinski definition) is 2. The van der Waals surface area contributed by atoms with E-state index in [9.17, 15) is 18.0 Å². The van der Waals surface area contributed by atoms with Crippen LogP contribution >= 0.6 is 0 Å². The molecule has 2 N–H and O–H groups in total. The van der Waals surface area contributed by atoms with E-state index >= 15 is 0 Å². The highest BCUT2D eigenvalue weighted by Crippen LogP contribution is 2.44. The van der Waals surface area contributed by atoms with Gasteiger partial charge in [-0.05, 0) is 29.8 Å². The molecule has 2 aliphatic rings. The van der Waals surface area contributed by atoms with Gasteiger partial charge in [0.1, 0.15) is 11.6 Å². The number of hydrogen-bond acceptors (Lipinski definition) is 6. The van der Waals surface area contributed by atoms with Gasteiger partial charge >= 0.3 is 6.18 Å². The summed E-state index contributed by atoms with van der Waals surface area (Å²) in [6.45, 7) is 0.0837. The molecular formula is C22H19F3N4O4. The number of nitrogens with zero attached hydrogens (tertiary/aromatic N) is 2. The molecule has 33 heavy (non-hydrogen) atoms. The summed E-state index contributed by atoms with van der Waals surface area (Å²) in [5, 5.41) is 9.67. The minimum absolute atomic E-state index is 0.0837. The molecule has 3 heterocycles. The maximum atomic E-state index is 13.9. The van der Waals surface area contributed by atoms with Gasteiger partial charge in [0.05, 0.1) is 13.2 Å². The summed E-state index contributed by atoms with van der Waals surface area (Å²) in [6.07, 6.45) is -4.81. The first-order valence-corrected chi connectivity index (χ1v) is 10.1. The number of methoxy groups -OCH3 is 1. The summed E-state index contributed by atoms with van der Waals surface area (Å²) in [5.41, 5.74) is 0.940. The van der Waals surface area contributed by atoms with Gasteiger partial charge < -0.3 is 24.8 Å². The third-order valence-electron chi connectivity index (χ3n) is 5.57. The number of halogens is 3. The zero-order valence-corrected chi connectivity index (χ0v) is 17.3. The van der Waals surface area contributed by atoms with Crippen molar-refractivity contribution in [3.05, 3.63) is 59.8 Å². The smallest absolute Gasteiger partial charge is 0.410 e. The molecule has 0 bridgehead atoms. The Balaban J connectivity index is 1.41. The minimum Gasteiger partial charge on any atom is -0.497 e. The SMILES string of the molecule is COc1ccc([C@@H]2C[C@@H](C(F)(F)F)n3nc(C(=O)Nc4ccc5c(c4)OCO5)cc3N2)cc1. The quantitative estimate of drug-likeness (QED) is 0.595. The lowest BCUT2D eigenvalue weighted by molar-refractivity contribution is -0.173. The van der Waals surface area contributed by atoms with Crippen molar-refractivity contribution < 1.29 is 32.2 Å². The lowest BCUT2D eigenvalue weighted by atomic mass is 9.97. The maximum absolute atomic E-state index is 13.9. The molecule has 0 saturated carbocycles. The fourth-order valence-corrected chi connectivity index (χ4v) is 3.91. The number of amides is 1. The fourth-order valence-electron chi connectivity index (χ4n) is 3.91. The largest absolute Gasteiger partial charge is 0.497 e. The average molecular weight is 460 g/mol. The van der Waals surface area contributed by atoms with Crippen LogP contribution < -0.4 is 24.8 Å². The summed E-state index contributed by atoms with van der Waals surface area (Å²) < 4.78 is 58.1. The lowest BCUT2D eigenvalue weighted by Gasteiger charge is -2.33. The molecule has 0 radical (unpaired) electrons. The third-order valence-corrected chi connectivity index (χ3v) is 5.57. The van der Waals surface area contributed by atoms with Crippen LogP contribution in [0.5, 0.6) is 17.2 Å². The number of nitrogens with one attached hydrogen (secondary N) is 2. The summed E-state index contributed by atoms with van der Waals surface area (Å²) >= 11 is 0. The van der Waals surface area contributed by atoms with E-state index in [4.69, 9.17) is 14.2 Å². The minimum atomic E-state index is -4.54. The van der Waals surface area contributed by atoms with Gasteiger partial charge in [-0.1, -0.05) is 12.1 Å². The Morgan fingerprint density at radius 3 is 2.64 bits per heavy atom. The maximum Gasteiger partial charge on any atom is 0.410 e. The number of fused-ring (bicyclic) bond motifs is 2. The van der Waals surface area contributed by atoms with Crippen molar-refractivity contribution in [3.8, 4) is 17.2 Å². The zero-order chi connectivity index (χ0) is 23.2. The van der Waals surface area contributed by atoms with E-state index in [2.05, 4.69) is 15.7 Å². The molecule has 0 spiro atoms. The van der Waals surface area contributed by atoms with E-state index in [0.29, 0.717) is 28.5 Å². The van der Waals surface area contributed by atoms with Crippen LogP contribution in [0.4, 0.5) is 24.7 Å². The number of rotatable bonds is 4. The second-order valence-corrected chi connectivity index (χ2v) is 7.64. The average Bonchev–Trinajstić information content (AvgIpc) is 3.44. The van der Waals surface area contributed by atoms with Crippen LogP contribution in [0.25, 0.3) is 0 Å². The van der Waals surface area contributed by atoms with Crippen LogP contribution in [0.15, 0.2) is 48.5 Å². The molecule has 0 fully saturated rings. The predicted molar refractivity (Wildman–Crippen MR) is 112 cm³/mol. The summed E-state index contributed by atoms with van der Waals surface area (Å²) in [7, 11) is 1.52. The van der Waals surface area contributed by atoms with Gasteiger partial charge in [0.15, 0.2) is 23.2 Å². The van der Waals surface area contributed by atoms with Crippen LogP contribution in [0.1, 0.15) is 34.6 Å². The molecule has 2 aliphatic heterocycles. The Morgan fingerprint density at radius 1 is 1.15 bits per heavy atom. The van der Waals surface area contributed by atoms with Crippen molar-refractivity contribution >= 4 is 17.4 Å². The Kier molecular flexibility index (Phi) is 5.03. The van der Waals surface area contributed by atoms with Crippen LogP contribution in [0, 0.1) is 0 Å². The molecule has 172 valence electrons. The molecule has 2 aromatic carbocycles. The summed E-state index contributed by atoms with van der Waals surface area (Å²) in [4.78, 5) is 12.7. The highest BCUT2D eigenvalue weighted by molar-refractivity contribution is 6.03. The van der Waals surface area contributed by atoms with Gasteiger partial charge in [0.2, 0.25) is 6.79 Å². The van der Waals surface area contributed by atoms with Gasteiger partial charge in [-0.25, -0.2) is 4.68 Å². The monoisotopic (exact) mass is 460 g/mol. The topological polar surface area (TPSA) is 86.6 Å². The third kappa shape index (κ3) is 4.01. The lowest BCUT2D eigenvalue weighted by Crippen LogP contribution is -2.35. The van der Waals surface area contributed by atoms with Crippen LogP contribution in [-0.2, 0) is 0 Å². The number of anilines is 2. The summed E-state index contributed by atoms with van der Waals surface area (Å²) in [5.74, 6) is 1.10. The number of carbonyl (C=O) groups excluding carboxylic acids is 1. The summed E-state index contributed by atoms with van der Waals surface area (Å²) in [6, 6.07) is 10.4. The van der Waals surface area contributed by atoms with E-state index < -0.39 is 24.2 Å². The van der Waals surface area contributed by atoms with Gasteiger partial charge in [0, 0.05) is 24.2 Å². The number of aromatic nitrogens is 2. The van der Waals surface area contributed by atoms with Crippen LogP contribution in [0.3, 0.4) is 0 Å². The van der Waals surface area contributed by atoms with Crippen molar-refractivity contribution in [1.82, 2.24) is 9.78 Å². The number of ether oxygens (including phenoxy) is 3. The molecular weight excluding hydrogens is 441 g/mol. The molecule has 0 aliphatic carbocycles. The predicted octanol–water partition coefficient (Wildman–Crippen LogP) is 4.53. The molecule has 0 unspecified atom stereocenters. The molecule has 8 nitrogen and oxygen atoms in total. The standard InChI is InChI=1S/C22H19F3N4O4/c1-31-14-5-2-12(3-6-14)15-9-19(22(23,24)25)29-20(27-15)10-16(28-29)21(30)26-13-4-7-17-18(8-13)33-11-32-17/h2-8,10,15,19,27H,9,11H2,1H3,(H,26,30)/t15-,19-/m0/s1. The van der Waals surface area contributed by atoms with Crippen LogP contribution in [0.2, 0.25) is 0 Å². The van der Waals surface area contributed by atoms with Crippen molar-refractivity contribution in [2.24, 2.45) is 0 Å². The molecule has 0 saturated heterocycles. The molecule has 5 rings (SSSR count). The Labute approximate surface area is 186 Å². The van der Waals surface area contributed by atoms with E-state index in [-0.39, 0.29) is 24.7 Å². The van der Waals surface area contributed by atoms with Crippen LogP contribution in [-0.4, -0.2) is 35.8 Å². The number of alkyl halides is 3. The van der Waals surface area contributed by atoms with Gasteiger partial charge in [-0.2, -0.15) is 18.3 Å². The molecule has 2 atom stereocenters. The Bertz CT molecular complexity index is 1190. The van der Waals surface area contributed by atoms with Gasteiger partial charge in [-0.3, -0.25) is 4.79 Å². The first-order valence-electron chi connectivity index (χ1n) is 10.1. The number of benzene rings is 2. The highest BCUT2D eigenvalue weighted by Gasteiger charge is 2.46. The zero-order valence-electron chi connectivity index (χ0n) is 17.3. The molecule has 1 aromatic heterocycles. The van der Waals surface area contributed by atoms with Crippen molar-refractivity contribution in [3.63, 3.8) is 0 Å². The normalized spacial score (nSPS) is 18.9. The van der Waals surface area contributed by atoms with E-state index in [0.717, 1.165) is 4.68 Å². The van der Waals surface area contributed by atoms with Gasteiger partial charge in [0.25, 0.3) is 5.91 Å². The molecule has 11 heteroatoms. The number of carbonyl (C=O) groups is 1. The van der Waals surface area contributed by atoms with Crippen molar-refractivity contribution in [2.45, 2.75) is 24.7 Å². The van der Waals surface area contributed by atoms with Crippen molar-refractivity contribution in [2.75, 3.05) is 24.5 Å². The van der Waals surface area contributed by atoms with Crippen molar-refractivity contribution in [1.29, 1.82) is 0 Å². The fraction of sp³-hybridized carbons (Fsp3) is 0.273. The first-order chi connectivity index (χ1) is 15.8. The second kappa shape index (κ2) is 7.91.